The van der Waals surface area contributed by atoms with Gasteiger partial charge in [-0.05, 0) is 39.3 Å². The molecule has 1 fully saturated rings. The Labute approximate surface area is 233 Å². The number of hydrogen-bond acceptors (Lipinski definition) is 6. The van der Waals surface area contributed by atoms with E-state index in [-0.39, 0.29) is 42.0 Å². The lowest BCUT2D eigenvalue weighted by molar-refractivity contribution is -0.121. The van der Waals surface area contributed by atoms with Crippen molar-refractivity contribution >= 4 is 17.7 Å². The van der Waals surface area contributed by atoms with Crippen molar-refractivity contribution in [3.8, 4) is 0 Å². The van der Waals surface area contributed by atoms with E-state index in [0.717, 1.165) is 16.9 Å². The van der Waals surface area contributed by atoms with Crippen LogP contribution in [0.1, 0.15) is 71.2 Å². The summed E-state index contributed by atoms with van der Waals surface area (Å²) in [5.41, 5.74) is 3.42. The first kappa shape index (κ1) is 29.0. The van der Waals surface area contributed by atoms with Gasteiger partial charge in [0, 0.05) is 61.6 Å². The number of anilines is 1. The van der Waals surface area contributed by atoms with Gasteiger partial charge in [0.05, 0.1) is 24.9 Å². The number of methoxy groups -OCH3 is 1. The Kier molecular flexibility index (Phi) is 8.38. The molecule has 39 heavy (non-hydrogen) atoms. The van der Waals surface area contributed by atoms with Gasteiger partial charge in [-0.3, -0.25) is 14.7 Å². The quantitative estimate of drug-likeness (QED) is 0.527. The Hall–Kier alpha value is -2.97. The molecule has 2 aromatic rings. The van der Waals surface area contributed by atoms with E-state index in [1.165, 1.54) is 5.56 Å². The number of pyridine rings is 1. The van der Waals surface area contributed by atoms with Crippen LogP contribution >= 0.6 is 0 Å². The molecule has 0 bridgehead atoms. The molecule has 212 valence electrons. The molecule has 0 radical (unpaired) electrons. The zero-order chi connectivity index (χ0) is 28.5. The molecular formula is C31H44N4O4. The van der Waals surface area contributed by atoms with Crippen molar-refractivity contribution in [2.75, 3.05) is 44.8 Å². The number of hydrogen-bond donors (Lipinski definition) is 0. The summed E-state index contributed by atoms with van der Waals surface area (Å²) in [7, 11) is 1.65. The van der Waals surface area contributed by atoms with Crippen molar-refractivity contribution in [3.63, 3.8) is 0 Å². The molecule has 3 atom stereocenters. The fourth-order valence-electron chi connectivity index (χ4n) is 5.63. The zero-order valence-corrected chi connectivity index (χ0v) is 24.7. The topological polar surface area (TPSA) is 75.2 Å². The summed E-state index contributed by atoms with van der Waals surface area (Å²) in [6, 6.07) is 12.2. The van der Waals surface area contributed by atoms with Gasteiger partial charge in [-0.1, -0.05) is 51.1 Å². The number of ether oxygens (including phenoxy) is 2. The Morgan fingerprint density at radius 3 is 2.49 bits per heavy atom. The van der Waals surface area contributed by atoms with E-state index in [1.54, 1.807) is 12.0 Å². The standard InChI is InChI=1S/C31H44N4O4/c1-21-16-33(24(19-38-8)17-34(21)29(37)39-30(3,4)5)18-28(36)35-20-31(6,7)25-15-32-26(14-27(25)35)22(2)23-12-10-9-11-13-23/h9-15,21-22,24H,16-20H2,1-8H3/t21-,22?,24-/m1/s1. The lowest BCUT2D eigenvalue weighted by Gasteiger charge is -2.45. The summed E-state index contributed by atoms with van der Waals surface area (Å²) in [6.07, 6.45) is 1.62. The first-order valence-corrected chi connectivity index (χ1v) is 13.9. The molecule has 1 aromatic carbocycles. The van der Waals surface area contributed by atoms with Gasteiger partial charge in [0.2, 0.25) is 5.91 Å². The Morgan fingerprint density at radius 1 is 1.15 bits per heavy atom. The molecule has 3 heterocycles. The zero-order valence-electron chi connectivity index (χ0n) is 24.7. The minimum atomic E-state index is -0.567. The largest absolute Gasteiger partial charge is 0.444 e. The fraction of sp³-hybridized carbons (Fsp3) is 0.581. The van der Waals surface area contributed by atoms with Crippen molar-refractivity contribution < 1.29 is 19.1 Å². The first-order valence-electron chi connectivity index (χ1n) is 13.9. The third-order valence-electron chi connectivity index (χ3n) is 7.80. The number of carbonyl (C=O) groups excluding carboxylic acids is 2. The van der Waals surface area contributed by atoms with Gasteiger partial charge in [0.25, 0.3) is 0 Å². The smallest absolute Gasteiger partial charge is 0.410 e. The minimum Gasteiger partial charge on any atom is -0.444 e. The Bertz CT molecular complexity index is 1180. The van der Waals surface area contributed by atoms with Crippen LogP contribution in [-0.4, -0.2) is 84.4 Å². The van der Waals surface area contributed by atoms with Crippen LogP contribution in [0.3, 0.4) is 0 Å². The molecule has 4 rings (SSSR count). The SMILES string of the molecule is COC[C@H]1CN(C(=O)OC(C)(C)C)[C@H](C)CN1CC(=O)N1CC(C)(C)c2cnc(C(C)c3ccccc3)cc21. The van der Waals surface area contributed by atoms with Crippen molar-refractivity contribution in [3.05, 3.63) is 59.4 Å². The Morgan fingerprint density at radius 2 is 1.85 bits per heavy atom. The second-order valence-electron chi connectivity index (χ2n) is 12.6. The van der Waals surface area contributed by atoms with Crippen LogP contribution in [0.5, 0.6) is 0 Å². The molecule has 2 aliphatic rings. The lowest BCUT2D eigenvalue weighted by atomic mass is 9.87. The molecule has 0 aliphatic carbocycles. The van der Waals surface area contributed by atoms with Crippen LogP contribution in [0.25, 0.3) is 0 Å². The monoisotopic (exact) mass is 536 g/mol. The van der Waals surface area contributed by atoms with Gasteiger partial charge in [-0.15, -0.1) is 0 Å². The number of fused-ring (bicyclic) bond motifs is 1. The molecule has 1 saturated heterocycles. The van der Waals surface area contributed by atoms with E-state index in [9.17, 15) is 9.59 Å². The van der Waals surface area contributed by atoms with E-state index >= 15 is 0 Å². The number of benzene rings is 1. The molecule has 8 heteroatoms. The predicted molar refractivity (Wildman–Crippen MR) is 153 cm³/mol. The highest BCUT2D eigenvalue weighted by atomic mass is 16.6. The summed E-state index contributed by atoms with van der Waals surface area (Å²) >= 11 is 0. The third kappa shape index (κ3) is 6.44. The number of aromatic nitrogens is 1. The van der Waals surface area contributed by atoms with Crippen molar-refractivity contribution in [1.82, 2.24) is 14.8 Å². The molecule has 1 unspecified atom stereocenters. The molecule has 1 aromatic heterocycles. The van der Waals surface area contributed by atoms with E-state index in [2.05, 4.69) is 43.9 Å². The van der Waals surface area contributed by atoms with E-state index in [4.69, 9.17) is 14.5 Å². The van der Waals surface area contributed by atoms with Gasteiger partial charge in [-0.2, -0.15) is 0 Å². The molecule has 0 spiro atoms. The summed E-state index contributed by atoms with van der Waals surface area (Å²) in [5, 5.41) is 0. The molecule has 8 nitrogen and oxygen atoms in total. The molecule has 0 N–H and O–H groups in total. The van der Waals surface area contributed by atoms with E-state index < -0.39 is 5.60 Å². The highest BCUT2D eigenvalue weighted by Crippen LogP contribution is 2.41. The second-order valence-corrected chi connectivity index (χ2v) is 12.6. The maximum Gasteiger partial charge on any atom is 0.410 e. The number of amides is 2. The number of carbonyl (C=O) groups is 2. The fourth-order valence-corrected chi connectivity index (χ4v) is 5.63. The molecular weight excluding hydrogens is 492 g/mol. The maximum absolute atomic E-state index is 13.9. The van der Waals surface area contributed by atoms with Gasteiger partial charge < -0.3 is 19.3 Å². The first-order chi connectivity index (χ1) is 18.3. The van der Waals surface area contributed by atoms with Gasteiger partial charge in [0.1, 0.15) is 5.60 Å². The summed E-state index contributed by atoms with van der Waals surface area (Å²) in [6.45, 7) is 16.4. The highest BCUT2D eigenvalue weighted by Gasteiger charge is 2.41. The van der Waals surface area contributed by atoms with Crippen LogP contribution in [0.15, 0.2) is 42.6 Å². The normalized spacial score (nSPS) is 21.9. The van der Waals surface area contributed by atoms with Crippen LogP contribution < -0.4 is 4.90 Å². The molecule has 2 amide bonds. The summed E-state index contributed by atoms with van der Waals surface area (Å²) < 4.78 is 11.1. The van der Waals surface area contributed by atoms with Crippen molar-refractivity contribution in [1.29, 1.82) is 0 Å². The van der Waals surface area contributed by atoms with E-state index in [1.807, 2.05) is 57.0 Å². The summed E-state index contributed by atoms with van der Waals surface area (Å²) in [5.74, 6) is 0.162. The molecule has 2 aliphatic heterocycles. The predicted octanol–water partition coefficient (Wildman–Crippen LogP) is 4.81. The Balaban J connectivity index is 1.54. The average molecular weight is 537 g/mol. The van der Waals surface area contributed by atoms with E-state index in [0.29, 0.717) is 26.2 Å². The summed E-state index contributed by atoms with van der Waals surface area (Å²) in [4.78, 5) is 37.4. The minimum absolute atomic E-state index is 0.0466. The third-order valence-corrected chi connectivity index (χ3v) is 7.80. The van der Waals surface area contributed by atoms with Gasteiger partial charge in [-0.25, -0.2) is 4.79 Å². The van der Waals surface area contributed by atoms with Crippen LogP contribution in [0.4, 0.5) is 10.5 Å². The van der Waals surface area contributed by atoms with Crippen molar-refractivity contribution in [2.24, 2.45) is 0 Å². The lowest BCUT2D eigenvalue weighted by Crippen LogP contribution is -2.62. The highest BCUT2D eigenvalue weighted by molar-refractivity contribution is 5.97. The molecule has 0 saturated carbocycles. The van der Waals surface area contributed by atoms with Crippen molar-refractivity contribution in [2.45, 2.75) is 77.5 Å². The van der Waals surface area contributed by atoms with Gasteiger partial charge >= 0.3 is 6.09 Å². The van der Waals surface area contributed by atoms with Crippen LogP contribution in [0, 0.1) is 0 Å². The number of rotatable bonds is 6. The van der Waals surface area contributed by atoms with Gasteiger partial charge in [0.15, 0.2) is 0 Å². The second kappa shape index (κ2) is 11.3. The average Bonchev–Trinajstić information content (AvgIpc) is 3.14. The maximum atomic E-state index is 13.9. The van der Waals surface area contributed by atoms with Crippen LogP contribution in [-0.2, 0) is 19.7 Å². The number of nitrogens with zero attached hydrogens (tertiary/aromatic N) is 4. The number of piperazine rings is 1. The van der Waals surface area contributed by atoms with Crippen LogP contribution in [0.2, 0.25) is 0 Å².